The molecule has 1 aromatic heterocycles. The van der Waals surface area contributed by atoms with Crippen molar-refractivity contribution in [3.05, 3.63) is 46.9 Å². The Balaban J connectivity index is 0.00000280. The normalized spacial score (nSPS) is 18.7. The second-order valence-corrected chi connectivity index (χ2v) is 7.39. The second-order valence-electron chi connectivity index (χ2n) is 6.96. The molecule has 0 spiro atoms. The molecule has 3 rings (SSSR count). The minimum absolute atomic E-state index is 0. The molecular formula is C19H24Cl2FN5O. The summed E-state index contributed by atoms with van der Waals surface area (Å²) in [5, 5.41) is 6.55. The number of hydrogen-bond donors (Lipinski definition) is 2. The molecule has 0 radical (unpaired) electrons. The predicted molar refractivity (Wildman–Crippen MR) is 112 cm³/mol. The van der Waals surface area contributed by atoms with Crippen LogP contribution in [0.4, 0.5) is 16.2 Å². The van der Waals surface area contributed by atoms with Crippen LogP contribution in [0.3, 0.4) is 0 Å². The fourth-order valence-electron chi connectivity index (χ4n) is 3.19. The van der Waals surface area contributed by atoms with Crippen LogP contribution < -0.4 is 15.5 Å². The van der Waals surface area contributed by atoms with Crippen molar-refractivity contribution in [1.29, 1.82) is 0 Å². The molecule has 1 aromatic carbocycles. The van der Waals surface area contributed by atoms with E-state index in [1.165, 1.54) is 18.2 Å². The molecule has 1 aliphatic rings. The zero-order valence-electron chi connectivity index (χ0n) is 15.8. The maximum Gasteiger partial charge on any atom is 0.251 e. The van der Waals surface area contributed by atoms with Crippen LogP contribution in [-0.2, 0) is 0 Å². The van der Waals surface area contributed by atoms with Crippen LogP contribution in [0.15, 0.2) is 30.5 Å². The highest BCUT2D eigenvalue weighted by molar-refractivity contribution is 6.31. The number of anilines is 2. The first kappa shape index (κ1) is 22.2. The smallest absolute Gasteiger partial charge is 0.251 e. The van der Waals surface area contributed by atoms with Gasteiger partial charge in [-0.25, -0.2) is 9.37 Å². The van der Waals surface area contributed by atoms with Gasteiger partial charge >= 0.3 is 0 Å². The first-order valence-corrected chi connectivity index (χ1v) is 9.32. The van der Waals surface area contributed by atoms with Crippen LogP contribution in [0.25, 0.3) is 0 Å². The van der Waals surface area contributed by atoms with Crippen molar-refractivity contribution in [2.45, 2.75) is 37.8 Å². The summed E-state index contributed by atoms with van der Waals surface area (Å²) in [5.41, 5.74) is 0.245. The number of amides is 1. The van der Waals surface area contributed by atoms with Crippen molar-refractivity contribution in [3.63, 3.8) is 0 Å². The van der Waals surface area contributed by atoms with Gasteiger partial charge in [0, 0.05) is 43.0 Å². The maximum absolute atomic E-state index is 13.4. The summed E-state index contributed by atoms with van der Waals surface area (Å²) < 4.78 is 13.4. The van der Waals surface area contributed by atoms with Gasteiger partial charge in [-0.05, 0) is 49.9 Å². The molecule has 0 bridgehead atoms. The van der Waals surface area contributed by atoms with Gasteiger partial charge in [0.25, 0.3) is 5.91 Å². The summed E-state index contributed by atoms with van der Waals surface area (Å²) in [5.74, 6) is 0.653. The van der Waals surface area contributed by atoms with E-state index in [-0.39, 0.29) is 41.0 Å². The number of hydrogen-bond acceptors (Lipinski definition) is 5. The molecule has 9 heteroatoms. The third kappa shape index (κ3) is 5.94. The number of carbonyl (C=O) groups is 1. The standard InChI is InChI=1S/C19H23ClFN5O.ClH/c1-26(2)17-7-8-22-19(25-17)24-16-5-3-15(4-6-16)23-18(27)12-9-13(20)11-14(21)10-12;/h7-11,15-16H,3-6H2,1-2H3,(H,23,27)(H,22,24,25);1H. The molecule has 1 aliphatic carbocycles. The number of benzene rings is 1. The maximum atomic E-state index is 13.4. The van der Waals surface area contributed by atoms with Gasteiger partial charge in [0.2, 0.25) is 5.95 Å². The molecule has 0 aliphatic heterocycles. The Labute approximate surface area is 175 Å². The van der Waals surface area contributed by atoms with Gasteiger partial charge in [-0.15, -0.1) is 12.4 Å². The molecular weight excluding hydrogens is 404 g/mol. The lowest BCUT2D eigenvalue weighted by Gasteiger charge is -2.29. The highest BCUT2D eigenvalue weighted by atomic mass is 35.5. The number of nitrogens with zero attached hydrogens (tertiary/aromatic N) is 3. The quantitative estimate of drug-likeness (QED) is 0.756. The van der Waals surface area contributed by atoms with Gasteiger partial charge in [0.05, 0.1) is 0 Å². The summed E-state index contributed by atoms with van der Waals surface area (Å²) in [4.78, 5) is 23.0. The summed E-state index contributed by atoms with van der Waals surface area (Å²) in [6, 6.07) is 6.04. The van der Waals surface area contributed by atoms with Crippen LogP contribution in [0.2, 0.25) is 5.02 Å². The van der Waals surface area contributed by atoms with Crippen LogP contribution in [0.5, 0.6) is 0 Å². The van der Waals surface area contributed by atoms with E-state index in [0.717, 1.165) is 31.5 Å². The van der Waals surface area contributed by atoms with Crippen molar-refractivity contribution in [1.82, 2.24) is 15.3 Å². The largest absolute Gasteiger partial charge is 0.363 e. The summed E-state index contributed by atoms with van der Waals surface area (Å²) in [7, 11) is 3.87. The van der Waals surface area contributed by atoms with Crippen molar-refractivity contribution in [2.24, 2.45) is 0 Å². The third-order valence-corrected chi connectivity index (χ3v) is 4.84. The number of halogens is 3. The van der Waals surface area contributed by atoms with Crippen molar-refractivity contribution in [3.8, 4) is 0 Å². The monoisotopic (exact) mass is 427 g/mol. The van der Waals surface area contributed by atoms with Gasteiger partial charge < -0.3 is 15.5 Å². The van der Waals surface area contributed by atoms with Gasteiger partial charge in [0.15, 0.2) is 0 Å². The third-order valence-electron chi connectivity index (χ3n) is 4.62. The number of nitrogens with one attached hydrogen (secondary N) is 2. The first-order chi connectivity index (χ1) is 12.9. The molecule has 152 valence electrons. The Bertz CT molecular complexity index is 792. The average Bonchev–Trinajstić information content (AvgIpc) is 2.63. The fraction of sp³-hybridized carbons (Fsp3) is 0.421. The molecule has 1 saturated carbocycles. The van der Waals surface area contributed by atoms with Gasteiger partial charge in [0.1, 0.15) is 11.6 Å². The lowest BCUT2D eigenvalue weighted by atomic mass is 9.91. The summed E-state index contributed by atoms with van der Waals surface area (Å²) >= 11 is 5.82. The topological polar surface area (TPSA) is 70.2 Å². The molecule has 28 heavy (non-hydrogen) atoms. The number of aromatic nitrogens is 2. The fourth-order valence-corrected chi connectivity index (χ4v) is 3.41. The van der Waals surface area contributed by atoms with E-state index in [2.05, 4.69) is 20.6 Å². The Hall–Kier alpha value is -2.12. The minimum Gasteiger partial charge on any atom is -0.363 e. The van der Waals surface area contributed by atoms with E-state index < -0.39 is 5.82 Å². The Morgan fingerprint density at radius 2 is 1.86 bits per heavy atom. The van der Waals surface area contributed by atoms with Gasteiger partial charge in [-0.3, -0.25) is 4.79 Å². The second kappa shape index (κ2) is 9.89. The molecule has 6 nitrogen and oxygen atoms in total. The van der Waals surface area contributed by atoms with E-state index in [1.54, 1.807) is 6.20 Å². The molecule has 1 fully saturated rings. The summed E-state index contributed by atoms with van der Waals surface area (Å²) in [6.07, 6.45) is 5.19. The highest BCUT2D eigenvalue weighted by Crippen LogP contribution is 2.22. The van der Waals surface area contributed by atoms with Crippen LogP contribution in [0, 0.1) is 5.82 Å². The molecule has 1 heterocycles. The van der Waals surface area contributed by atoms with Crippen LogP contribution in [-0.4, -0.2) is 42.1 Å². The lowest BCUT2D eigenvalue weighted by molar-refractivity contribution is 0.0926. The minimum atomic E-state index is -0.513. The lowest BCUT2D eigenvalue weighted by Crippen LogP contribution is -2.40. The van der Waals surface area contributed by atoms with E-state index in [0.29, 0.717) is 5.95 Å². The molecule has 0 atom stereocenters. The molecule has 2 N–H and O–H groups in total. The van der Waals surface area contributed by atoms with E-state index in [4.69, 9.17) is 11.6 Å². The zero-order valence-corrected chi connectivity index (χ0v) is 17.4. The number of rotatable bonds is 5. The molecule has 1 amide bonds. The van der Waals surface area contributed by atoms with Gasteiger partial charge in [-0.2, -0.15) is 4.98 Å². The number of carbonyl (C=O) groups excluding carboxylic acids is 1. The van der Waals surface area contributed by atoms with E-state index in [9.17, 15) is 9.18 Å². The Morgan fingerprint density at radius 1 is 1.18 bits per heavy atom. The SMILES string of the molecule is CN(C)c1ccnc(NC2CCC(NC(=O)c3cc(F)cc(Cl)c3)CC2)n1.Cl. The molecule has 0 saturated heterocycles. The van der Waals surface area contributed by atoms with Crippen molar-refractivity contribution < 1.29 is 9.18 Å². The van der Waals surface area contributed by atoms with E-state index >= 15 is 0 Å². The zero-order chi connectivity index (χ0) is 19.4. The molecule has 2 aromatic rings. The van der Waals surface area contributed by atoms with Crippen molar-refractivity contribution in [2.75, 3.05) is 24.3 Å². The predicted octanol–water partition coefficient (Wildman–Crippen LogP) is 3.91. The first-order valence-electron chi connectivity index (χ1n) is 8.94. The van der Waals surface area contributed by atoms with Crippen LogP contribution in [0.1, 0.15) is 36.0 Å². The summed E-state index contributed by atoms with van der Waals surface area (Å²) in [6.45, 7) is 0. The van der Waals surface area contributed by atoms with E-state index in [1.807, 2.05) is 25.1 Å². The highest BCUT2D eigenvalue weighted by Gasteiger charge is 2.23. The average molecular weight is 428 g/mol. The Morgan fingerprint density at radius 3 is 2.50 bits per heavy atom. The molecule has 0 unspecified atom stereocenters. The van der Waals surface area contributed by atoms with Crippen molar-refractivity contribution >= 4 is 41.7 Å². The van der Waals surface area contributed by atoms with Crippen LogP contribution >= 0.6 is 24.0 Å². The Kier molecular flexibility index (Phi) is 7.83. The van der Waals surface area contributed by atoms with Gasteiger partial charge in [-0.1, -0.05) is 11.6 Å².